The molecule has 1 aromatic heterocycles. The molecule has 0 radical (unpaired) electrons. The number of aromatic nitrogens is 1. The zero-order valence-corrected chi connectivity index (χ0v) is 14.9. The number of carbonyl (C=O) groups excluding carboxylic acids is 1. The van der Waals surface area contributed by atoms with Crippen molar-refractivity contribution >= 4 is 29.1 Å². The lowest BCUT2D eigenvalue weighted by Crippen LogP contribution is -2.58. The average molecular weight is 348 g/mol. The van der Waals surface area contributed by atoms with Gasteiger partial charge >= 0.3 is 0 Å². The van der Waals surface area contributed by atoms with E-state index in [1.807, 2.05) is 0 Å². The SMILES string of the molecule is C[C@@H]1CN(C(C)(C)CNC(=O)c2cc(Cl)c(Cl)[nH]2)C[C@@H](C)O1. The Balaban J connectivity index is 1.95. The first-order valence-electron chi connectivity index (χ1n) is 7.42. The summed E-state index contributed by atoms with van der Waals surface area (Å²) >= 11 is 11.7. The van der Waals surface area contributed by atoms with Crippen LogP contribution in [0.4, 0.5) is 0 Å². The van der Waals surface area contributed by atoms with E-state index in [9.17, 15) is 4.79 Å². The van der Waals surface area contributed by atoms with Crippen molar-refractivity contribution in [2.45, 2.75) is 45.4 Å². The third-order valence-electron chi connectivity index (χ3n) is 3.93. The lowest BCUT2D eigenvalue weighted by Gasteiger charge is -2.45. The number of ether oxygens (including phenoxy) is 1. The highest BCUT2D eigenvalue weighted by Gasteiger charge is 2.33. The molecule has 1 amide bonds. The minimum absolute atomic E-state index is 0.165. The summed E-state index contributed by atoms with van der Waals surface area (Å²) in [7, 11) is 0. The predicted octanol–water partition coefficient (Wildman–Crippen LogP) is 2.94. The number of hydrogen-bond donors (Lipinski definition) is 2. The molecular weight excluding hydrogens is 325 g/mol. The van der Waals surface area contributed by atoms with Crippen LogP contribution in [0, 0.1) is 0 Å². The van der Waals surface area contributed by atoms with Gasteiger partial charge in [-0.15, -0.1) is 0 Å². The van der Waals surface area contributed by atoms with Crippen molar-refractivity contribution in [3.05, 3.63) is 21.9 Å². The Morgan fingerprint density at radius 3 is 2.50 bits per heavy atom. The number of halogens is 2. The van der Waals surface area contributed by atoms with E-state index >= 15 is 0 Å². The number of aromatic amines is 1. The largest absolute Gasteiger partial charge is 0.373 e. The third-order valence-corrected chi connectivity index (χ3v) is 4.62. The molecule has 22 heavy (non-hydrogen) atoms. The van der Waals surface area contributed by atoms with Gasteiger partial charge in [0.05, 0.1) is 17.2 Å². The van der Waals surface area contributed by atoms with Gasteiger partial charge in [0.2, 0.25) is 0 Å². The Morgan fingerprint density at radius 1 is 1.41 bits per heavy atom. The second-order valence-electron chi connectivity index (χ2n) is 6.50. The van der Waals surface area contributed by atoms with Gasteiger partial charge in [-0.25, -0.2) is 0 Å². The van der Waals surface area contributed by atoms with Gasteiger partial charge in [-0.1, -0.05) is 23.2 Å². The number of carbonyl (C=O) groups is 1. The van der Waals surface area contributed by atoms with Crippen LogP contribution in [-0.4, -0.2) is 53.2 Å². The van der Waals surface area contributed by atoms with Gasteiger partial charge in [-0.3, -0.25) is 9.69 Å². The maximum atomic E-state index is 12.2. The van der Waals surface area contributed by atoms with Crippen LogP contribution in [0.15, 0.2) is 6.07 Å². The predicted molar refractivity (Wildman–Crippen MR) is 88.8 cm³/mol. The number of nitrogens with zero attached hydrogens (tertiary/aromatic N) is 1. The number of rotatable bonds is 4. The molecule has 1 aromatic rings. The third kappa shape index (κ3) is 4.16. The van der Waals surface area contributed by atoms with E-state index in [2.05, 4.69) is 42.9 Å². The highest BCUT2D eigenvalue weighted by Crippen LogP contribution is 2.23. The molecule has 7 heteroatoms. The molecule has 1 saturated heterocycles. The first kappa shape index (κ1) is 17.6. The quantitative estimate of drug-likeness (QED) is 0.880. The van der Waals surface area contributed by atoms with Crippen molar-refractivity contribution in [2.75, 3.05) is 19.6 Å². The molecule has 0 saturated carbocycles. The van der Waals surface area contributed by atoms with Gasteiger partial charge in [0.1, 0.15) is 10.8 Å². The Bertz CT molecular complexity index is 515. The van der Waals surface area contributed by atoms with Crippen molar-refractivity contribution in [2.24, 2.45) is 0 Å². The molecule has 2 atom stereocenters. The molecule has 0 spiro atoms. The lowest BCUT2D eigenvalue weighted by atomic mass is 10.00. The van der Waals surface area contributed by atoms with Crippen LogP contribution in [0.25, 0.3) is 0 Å². The fourth-order valence-electron chi connectivity index (χ4n) is 2.70. The second-order valence-corrected chi connectivity index (χ2v) is 7.29. The van der Waals surface area contributed by atoms with Crippen LogP contribution in [0.5, 0.6) is 0 Å². The Kier molecular flexibility index (Phi) is 5.43. The maximum absolute atomic E-state index is 12.2. The minimum atomic E-state index is -0.212. The number of nitrogens with one attached hydrogen (secondary N) is 2. The summed E-state index contributed by atoms with van der Waals surface area (Å²) in [4.78, 5) is 17.3. The Morgan fingerprint density at radius 2 is 2.00 bits per heavy atom. The number of morpholine rings is 1. The molecule has 5 nitrogen and oxygen atoms in total. The van der Waals surface area contributed by atoms with Crippen LogP contribution in [0.1, 0.15) is 38.2 Å². The van der Waals surface area contributed by atoms with Crippen LogP contribution in [-0.2, 0) is 4.74 Å². The van der Waals surface area contributed by atoms with Gasteiger partial charge in [0, 0.05) is 25.2 Å². The summed E-state index contributed by atoms with van der Waals surface area (Å²) < 4.78 is 5.76. The molecular formula is C15H23Cl2N3O2. The van der Waals surface area contributed by atoms with E-state index in [1.165, 1.54) is 6.07 Å². The van der Waals surface area contributed by atoms with Crippen molar-refractivity contribution in [1.29, 1.82) is 0 Å². The van der Waals surface area contributed by atoms with Crippen molar-refractivity contribution < 1.29 is 9.53 Å². The monoisotopic (exact) mass is 347 g/mol. The van der Waals surface area contributed by atoms with E-state index in [-0.39, 0.29) is 28.8 Å². The van der Waals surface area contributed by atoms with Gasteiger partial charge in [-0.2, -0.15) is 0 Å². The molecule has 2 rings (SSSR count). The maximum Gasteiger partial charge on any atom is 0.267 e. The van der Waals surface area contributed by atoms with Crippen LogP contribution < -0.4 is 5.32 Å². The Labute approximate surface area is 141 Å². The van der Waals surface area contributed by atoms with Crippen LogP contribution in [0.3, 0.4) is 0 Å². The first-order chi connectivity index (χ1) is 10.2. The smallest absolute Gasteiger partial charge is 0.267 e. The molecule has 1 fully saturated rings. The fraction of sp³-hybridized carbons (Fsp3) is 0.667. The summed E-state index contributed by atoms with van der Waals surface area (Å²) in [5.41, 5.74) is 0.205. The average Bonchev–Trinajstić information content (AvgIpc) is 2.75. The van der Waals surface area contributed by atoms with E-state index in [1.54, 1.807) is 0 Å². The molecule has 1 aliphatic heterocycles. The van der Waals surface area contributed by atoms with E-state index in [4.69, 9.17) is 27.9 Å². The molecule has 1 aliphatic rings. The molecule has 2 N–H and O–H groups in total. The number of H-pyrrole nitrogens is 1. The highest BCUT2D eigenvalue weighted by atomic mass is 35.5. The minimum Gasteiger partial charge on any atom is -0.373 e. The summed E-state index contributed by atoms with van der Waals surface area (Å²) in [6.07, 6.45) is 0.388. The molecule has 0 unspecified atom stereocenters. The van der Waals surface area contributed by atoms with Crippen LogP contribution in [0.2, 0.25) is 10.2 Å². The summed E-state index contributed by atoms with van der Waals surface area (Å²) in [5.74, 6) is -0.212. The summed E-state index contributed by atoms with van der Waals surface area (Å²) in [6, 6.07) is 1.53. The molecule has 0 aliphatic carbocycles. The van der Waals surface area contributed by atoms with Crippen LogP contribution >= 0.6 is 23.2 Å². The Hall–Kier alpha value is -0.750. The standard InChI is InChI=1S/C15H23Cl2N3O2/c1-9-6-20(7-10(2)22-9)15(3,4)8-18-14(21)12-5-11(16)13(17)19-12/h5,9-10,19H,6-8H2,1-4H3,(H,18,21)/t9-,10-/m1/s1. The van der Waals surface area contributed by atoms with E-state index in [0.717, 1.165) is 13.1 Å². The van der Waals surface area contributed by atoms with Crippen molar-refractivity contribution in [1.82, 2.24) is 15.2 Å². The van der Waals surface area contributed by atoms with E-state index < -0.39 is 0 Å². The number of hydrogen-bond acceptors (Lipinski definition) is 3. The molecule has 2 heterocycles. The second kappa shape index (κ2) is 6.79. The normalized spacial score (nSPS) is 23.5. The molecule has 0 bridgehead atoms. The zero-order valence-electron chi connectivity index (χ0n) is 13.4. The van der Waals surface area contributed by atoms with Gasteiger partial charge in [0.15, 0.2) is 0 Å². The fourth-order valence-corrected chi connectivity index (χ4v) is 3.01. The lowest BCUT2D eigenvalue weighted by molar-refractivity contribution is -0.0948. The van der Waals surface area contributed by atoms with Gasteiger partial charge in [-0.05, 0) is 33.8 Å². The first-order valence-corrected chi connectivity index (χ1v) is 8.17. The van der Waals surface area contributed by atoms with Gasteiger partial charge < -0.3 is 15.0 Å². The highest BCUT2D eigenvalue weighted by molar-refractivity contribution is 6.41. The van der Waals surface area contributed by atoms with Crippen molar-refractivity contribution in [3.8, 4) is 0 Å². The zero-order chi connectivity index (χ0) is 16.5. The van der Waals surface area contributed by atoms with E-state index in [0.29, 0.717) is 17.3 Å². The topological polar surface area (TPSA) is 57.4 Å². The summed E-state index contributed by atoms with van der Waals surface area (Å²) in [6.45, 7) is 10.6. The van der Waals surface area contributed by atoms with Crippen molar-refractivity contribution in [3.63, 3.8) is 0 Å². The molecule has 124 valence electrons. The molecule has 0 aromatic carbocycles. The summed E-state index contributed by atoms with van der Waals surface area (Å²) in [5, 5.41) is 3.57. The van der Waals surface area contributed by atoms with Gasteiger partial charge in [0.25, 0.3) is 5.91 Å². The number of amides is 1.